The summed E-state index contributed by atoms with van der Waals surface area (Å²) in [5, 5.41) is 17.5. The van der Waals surface area contributed by atoms with Gasteiger partial charge < -0.3 is 27.9 Å². The number of aliphatic hydroxyl groups excluding tert-OH is 2. The fourth-order valence-corrected chi connectivity index (χ4v) is 15.1. The van der Waals surface area contributed by atoms with E-state index in [-0.39, 0.29) is 72.6 Å². The molecule has 0 amide bonds. The molecule has 0 spiro atoms. The van der Waals surface area contributed by atoms with Gasteiger partial charge in [-0.1, -0.05) is 59.4 Å². The molecule has 0 aliphatic heterocycles. The number of aliphatic hydroxyl groups is 2. The maximum Gasteiger partial charge on any atom is 0.311 e. The van der Waals surface area contributed by atoms with Crippen LogP contribution in [-0.4, -0.2) is 74.3 Å². The minimum absolute atomic E-state index is 0. The van der Waals surface area contributed by atoms with E-state index in [4.69, 9.17) is 27.9 Å². The van der Waals surface area contributed by atoms with Gasteiger partial charge in [-0.05, 0) is 39.3 Å². The predicted octanol–water partition coefficient (Wildman–Crippen LogP) is 6.32. The Balaban J connectivity index is -0.0000000714. The van der Waals surface area contributed by atoms with Gasteiger partial charge in [-0.3, -0.25) is 0 Å². The lowest BCUT2D eigenvalue weighted by Gasteiger charge is -2.38. The van der Waals surface area contributed by atoms with Crippen LogP contribution in [0.2, 0.25) is 39.3 Å². The molecule has 0 fully saturated rings. The van der Waals surface area contributed by atoms with Crippen LogP contribution in [0.25, 0.3) is 0 Å². The van der Waals surface area contributed by atoms with Crippen molar-refractivity contribution in [2.75, 3.05) is 38.9 Å². The van der Waals surface area contributed by atoms with Crippen molar-refractivity contribution in [2.45, 2.75) is 98.7 Å². The fraction of sp³-hybridized carbons (Fsp3) is 1.00. The average molecular weight is 485 g/mol. The van der Waals surface area contributed by atoms with Crippen molar-refractivity contribution in [3.05, 3.63) is 0 Å². The molecule has 192 valence electrons. The first kappa shape index (κ1) is 57.0. The van der Waals surface area contributed by atoms with E-state index in [2.05, 4.69) is 39.3 Å². The van der Waals surface area contributed by atoms with Gasteiger partial charge in [0.25, 0.3) is 0 Å². The van der Waals surface area contributed by atoms with Crippen LogP contribution in [-0.2, 0) is 17.7 Å². The summed E-state index contributed by atoms with van der Waals surface area (Å²) in [4.78, 5) is 0. The molecule has 0 radical (unpaired) electrons. The van der Waals surface area contributed by atoms with E-state index in [1.54, 1.807) is 0 Å². The van der Waals surface area contributed by atoms with Crippen molar-refractivity contribution in [3.63, 3.8) is 0 Å². The van der Waals surface area contributed by atoms with E-state index < -0.39 is 25.2 Å². The molecule has 0 saturated heterocycles. The second-order valence-electron chi connectivity index (χ2n) is 6.68. The molecule has 0 atom stereocenters. The van der Waals surface area contributed by atoms with E-state index in [0.717, 1.165) is 0 Å². The molecule has 0 rings (SSSR count). The molecule has 0 aromatic rings. The topological polar surface area (TPSA) is 77.4 Å². The molecule has 0 aromatic heterocycles. The Morgan fingerprint density at radius 3 is 0.966 bits per heavy atom. The Morgan fingerprint density at radius 2 is 0.759 bits per heavy atom. The molecule has 2 N–H and O–H groups in total. The smallest absolute Gasteiger partial charge is 0.311 e. The van der Waals surface area contributed by atoms with Crippen molar-refractivity contribution < 1.29 is 27.9 Å². The maximum atomic E-state index is 8.76. The van der Waals surface area contributed by atoms with E-state index in [1.807, 2.05) is 0 Å². The molecular weight excluding hydrogens is 420 g/mol. The molecule has 29 heavy (non-hydrogen) atoms. The van der Waals surface area contributed by atoms with Crippen LogP contribution in [0.1, 0.15) is 59.4 Å². The minimum atomic E-state index is -2.26. The zero-order valence-electron chi connectivity index (χ0n) is 14.3. The van der Waals surface area contributed by atoms with Gasteiger partial charge in [-0.2, -0.15) is 0 Å². The van der Waals surface area contributed by atoms with Crippen LogP contribution >= 0.6 is 0 Å². The van der Waals surface area contributed by atoms with Gasteiger partial charge in [0, 0.05) is 0 Å². The van der Waals surface area contributed by atoms with Gasteiger partial charge in [0.1, 0.15) is 0 Å². The third-order valence-electron chi connectivity index (χ3n) is 2.41. The molecule has 0 heterocycles. The van der Waals surface area contributed by atoms with Crippen molar-refractivity contribution in [1.29, 1.82) is 0 Å². The maximum absolute atomic E-state index is 8.76. The summed E-state index contributed by atoms with van der Waals surface area (Å²) in [6, 6.07) is 0. The van der Waals surface area contributed by atoms with E-state index in [9.17, 15) is 0 Å². The van der Waals surface area contributed by atoms with E-state index in [1.165, 1.54) is 0 Å². The SMILES string of the molecule is C.C.C.C.C.C.C.C.C[Si](C)(COCCO)O[Si](C)(C)O[Si](C)(C)COCCO. The number of hydrogen-bond donors (Lipinski definition) is 2. The quantitative estimate of drug-likeness (QED) is 0.249. The van der Waals surface area contributed by atoms with Crippen LogP contribution in [0.3, 0.4) is 0 Å². The molecule has 0 aliphatic carbocycles. The molecule has 0 aromatic carbocycles. The summed E-state index contributed by atoms with van der Waals surface area (Å²) < 4.78 is 23.4. The Kier molecular flexibility index (Phi) is 52.0. The zero-order valence-corrected chi connectivity index (χ0v) is 17.3. The molecule has 6 nitrogen and oxygen atoms in total. The van der Waals surface area contributed by atoms with Crippen molar-refractivity contribution in [2.24, 2.45) is 0 Å². The largest absolute Gasteiger partial charge is 0.435 e. The zero-order chi connectivity index (χ0) is 16.6. The lowest BCUT2D eigenvalue weighted by atomic mass is 10.8. The Hall–Kier alpha value is 0.411. The summed E-state index contributed by atoms with van der Waals surface area (Å²) in [6.07, 6.45) is 1.10. The van der Waals surface area contributed by atoms with Gasteiger partial charge in [0.05, 0.1) is 38.9 Å². The summed E-state index contributed by atoms with van der Waals surface area (Å²) in [6.45, 7) is 13.2. The predicted molar refractivity (Wildman–Crippen MR) is 144 cm³/mol. The number of rotatable bonds is 12. The van der Waals surface area contributed by atoms with Crippen LogP contribution in [0.4, 0.5) is 0 Å². The second-order valence-corrected chi connectivity index (χ2v) is 18.7. The van der Waals surface area contributed by atoms with Crippen LogP contribution < -0.4 is 0 Å². The normalized spacial score (nSPS) is 9.93. The highest BCUT2D eigenvalue weighted by Crippen LogP contribution is 2.21. The summed E-state index contributed by atoms with van der Waals surface area (Å²) in [7, 11) is -6.19. The second kappa shape index (κ2) is 26.4. The summed E-state index contributed by atoms with van der Waals surface area (Å²) >= 11 is 0. The standard InChI is InChI=1S/C12H32O6Si3.8CH4/c1-19(2,11-15-9-7-13)17-21(5,6)18-20(3,4)12-16-10-8-14;;;;;;;;/h13-14H,7-12H2,1-6H3;8*1H4. The highest BCUT2D eigenvalue weighted by Gasteiger charge is 2.40. The first-order valence-corrected chi connectivity index (χ1v) is 16.4. The fourth-order valence-electron chi connectivity index (χ4n) is 2.18. The van der Waals surface area contributed by atoms with Crippen LogP contribution in [0.15, 0.2) is 0 Å². The van der Waals surface area contributed by atoms with Gasteiger partial charge >= 0.3 is 8.56 Å². The van der Waals surface area contributed by atoms with Gasteiger partial charge in [0.2, 0.25) is 16.6 Å². The lowest BCUT2D eigenvalue weighted by molar-refractivity contribution is 0.111. The van der Waals surface area contributed by atoms with Gasteiger partial charge in [-0.25, -0.2) is 0 Å². The van der Waals surface area contributed by atoms with Crippen molar-refractivity contribution >= 4 is 25.2 Å². The molecular formula is C20H64O6Si3. The monoisotopic (exact) mass is 484 g/mol. The highest BCUT2D eigenvalue weighted by molar-refractivity contribution is 6.87. The first-order valence-electron chi connectivity index (χ1n) is 7.31. The molecule has 0 saturated carbocycles. The minimum Gasteiger partial charge on any atom is -0.435 e. The molecule has 0 aliphatic rings. The van der Waals surface area contributed by atoms with Gasteiger partial charge in [0.15, 0.2) is 0 Å². The van der Waals surface area contributed by atoms with Crippen LogP contribution in [0.5, 0.6) is 0 Å². The first-order chi connectivity index (χ1) is 9.54. The Labute approximate surface area is 190 Å². The third kappa shape index (κ3) is 33.3. The van der Waals surface area contributed by atoms with Gasteiger partial charge in [-0.15, -0.1) is 0 Å². The molecule has 9 heteroatoms. The van der Waals surface area contributed by atoms with Crippen molar-refractivity contribution in [1.82, 2.24) is 0 Å². The molecule has 0 bridgehead atoms. The van der Waals surface area contributed by atoms with E-state index >= 15 is 0 Å². The van der Waals surface area contributed by atoms with Crippen LogP contribution in [0, 0.1) is 0 Å². The lowest BCUT2D eigenvalue weighted by Crippen LogP contribution is -2.55. The number of ether oxygens (including phenoxy) is 2. The Morgan fingerprint density at radius 1 is 0.517 bits per heavy atom. The average Bonchev–Trinajstić information content (AvgIpc) is 2.25. The third-order valence-corrected chi connectivity index (χ3v) is 12.6. The van der Waals surface area contributed by atoms with Crippen molar-refractivity contribution in [3.8, 4) is 0 Å². The highest BCUT2D eigenvalue weighted by atomic mass is 28.5. The number of hydrogen-bond acceptors (Lipinski definition) is 6. The Bertz CT molecular complexity index is 265. The molecule has 0 unspecified atom stereocenters. The summed E-state index contributed by atoms with van der Waals surface area (Å²) in [5.74, 6) is 0. The summed E-state index contributed by atoms with van der Waals surface area (Å²) in [5.41, 5.74) is 0. The van der Waals surface area contributed by atoms with E-state index in [0.29, 0.717) is 25.7 Å².